The van der Waals surface area contributed by atoms with Crippen LogP contribution in [-0.4, -0.2) is 37.2 Å². The van der Waals surface area contributed by atoms with Gasteiger partial charge in [0.1, 0.15) is 0 Å². The number of carbonyl (C=O) groups excluding carboxylic acids is 1. The van der Waals surface area contributed by atoms with Crippen molar-refractivity contribution < 1.29 is 13.9 Å². The SMILES string of the molecule is CCNc1nccc(C(=O)NCCOCCC(C)C)c1F. The number of amides is 1. The smallest absolute Gasteiger partial charge is 0.254 e. The van der Waals surface area contributed by atoms with Crippen molar-refractivity contribution in [1.29, 1.82) is 0 Å². The van der Waals surface area contributed by atoms with Crippen LogP contribution in [0.2, 0.25) is 0 Å². The summed E-state index contributed by atoms with van der Waals surface area (Å²) in [6.07, 6.45) is 2.40. The van der Waals surface area contributed by atoms with Crippen LogP contribution in [-0.2, 0) is 4.74 Å². The van der Waals surface area contributed by atoms with Gasteiger partial charge in [-0.2, -0.15) is 0 Å². The Morgan fingerprint density at radius 1 is 1.43 bits per heavy atom. The van der Waals surface area contributed by atoms with E-state index in [1.165, 1.54) is 12.3 Å². The molecule has 0 bridgehead atoms. The minimum absolute atomic E-state index is 0.0110. The molecule has 1 rings (SSSR count). The summed E-state index contributed by atoms with van der Waals surface area (Å²) in [5, 5.41) is 5.41. The van der Waals surface area contributed by atoms with E-state index in [9.17, 15) is 9.18 Å². The molecule has 0 saturated heterocycles. The molecular weight excluding hydrogens is 273 g/mol. The normalized spacial score (nSPS) is 10.7. The fourth-order valence-electron chi connectivity index (χ4n) is 1.66. The van der Waals surface area contributed by atoms with Gasteiger partial charge in [-0.05, 0) is 25.3 Å². The van der Waals surface area contributed by atoms with E-state index in [-0.39, 0.29) is 11.4 Å². The lowest BCUT2D eigenvalue weighted by Gasteiger charge is -2.10. The van der Waals surface area contributed by atoms with E-state index in [1.807, 2.05) is 6.92 Å². The van der Waals surface area contributed by atoms with Gasteiger partial charge < -0.3 is 15.4 Å². The Bertz CT molecular complexity index is 453. The highest BCUT2D eigenvalue weighted by atomic mass is 19.1. The molecule has 0 aliphatic heterocycles. The van der Waals surface area contributed by atoms with Gasteiger partial charge in [-0.15, -0.1) is 0 Å². The van der Waals surface area contributed by atoms with Gasteiger partial charge in [0.2, 0.25) is 0 Å². The van der Waals surface area contributed by atoms with E-state index in [1.54, 1.807) is 0 Å². The molecule has 0 saturated carbocycles. The average Bonchev–Trinajstić information content (AvgIpc) is 2.44. The standard InChI is InChI=1S/C15H24FN3O2/c1-4-17-14-13(16)12(5-7-18-14)15(20)19-8-10-21-9-6-11(2)3/h5,7,11H,4,6,8-10H2,1-3H3,(H,17,18)(H,19,20). The molecule has 0 spiro atoms. The summed E-state index contributed by atoms with van der Waals surface area (Å²) in [6, 6.07) is 1.37. The highest BCUT2D eigenvalue weighted by molar-refractivity contribution is 5.95. The summed E-state index contributed by atoms with van der Waals surface area (Å²) in [4.78, 5) is 15.8. The summed E-state index contributed by atoms with van der Waals surface area (Å²) in [5.74, 6) is -0.396. The molecule has 0 radical (unpaired) electrons. The van der Waals surface area contributed by atoms with Crippen molar-refractivity contribution in [3.8, 4) is 0 Å². The molecule has 21 heavy (non-hydrogen) atoms. The van der Waals surface area contributed by atoms with Crippen molar-refractivity contribution in [3.63, 3.8) is 0 Å². The summed E-state index contributed by atoms with van der Waals surface area (Å²) >= 11 is 0. The molecular formula is C15H24FN3O2. The van der Waals surface area contributed by atoms with E-state index in [0.717, 1.165) is 6.42 Å². The molecule has 6 heteroatoms. The van der Waals surface area contributed by atoms with E-state index < -0.39 is 11.7 Å². The highest BCUT2D eigenvalue weighted by Crippen LogP contribution is 2.14. The molecule has 2 N–H and O–H groups in total. The van der Waals surface area contributed by atoms with Crippen molar-refractivity contribution >= 4 is 11.7 Å². The number of ether oxygens (including phenoxy) is 1. The van der Waals surface area contributed by atoms with Crippen molar-refractivity contribution in [2.75, 3.05) is 31.6 Å². The number of hydrogen-bond acceptors (Lipinski definition) is 4. The minimum atomic E-state index is -0.627. The van der Waals surface area contributed by atoms with Crippen LogP contribution in [0.1, 0.15) is 37.6 Å². The maximum Gasteiger partial charge on any atom is 0.254 e. The Labute approximate surface area is 125 Å². The summed E-state index contributed by atoms with van der Waals surface area (Å²) in [5.41, 5.74) is -0.0110. The molecule has 1 heterocycles. The molecule has 5 nitrogen and oxygen atoms in total. The second-order valence-electron chi connectivity index (χ2n) is 5.10. The van der Waals surface area contributed by atoms with Crippen LogP contribution in [0.25, 0.3) is 0 Å². The minimum Gasteiger partial charge on any atom is -0.380 e. The van der Waals surface area contributed by atoms with E-state index in [0.29, 0.717) is 32.2 Å². The first-order valence-electron chi connectivity index (χ1n) is 7.30. The lowest BCUT2D eigenvalue weighted by molar-refractivity contribution is 0.0902. The van der Waals surface area contributed by atoms with Gasteiger partial charge in [0.15, 0.2) is 11.6 Å². The Morgan fingerprint density at radius 2 is 2.19 bits per heavy atom. The molecule has 118 valence electrons. The largest absolute Gasteiger partial charge is 0.380 e. The number of rotatable bonds is 9. The molecule has 0 unspecified atom stereocenters. The molecule has 0 atom stereocenters. The molecule has 1 aromatic heterocycles. The average molecular weight is 297 g/mol. The molecule has 0 aliphatic carbocycles. The number of halogens is 1. The molecule has 1 aromatic rings. The maximum absolute atomic E-state index is 14.0. The fourth-order valence-corrected chi connectivity index (χ4v) is 1.66. The van der Waals surface area contributed by atoms with Crippen LogP contribution >= 0.6 is 0 Å². The third-order valence-electron chi connectivity index (χ3n) is 2.85. The summed E-state index contributed by atoms with van der Waals surface area (Å²) < 4.78 is 19.4. The third-order valence-corrected chi connectivity index (χ3v) is 2.85. The monoisotopic (exact) mass is 297 g/mol. The second-order valence-corrected chi connectivity index (χ2v) is 5.10. The van der Waals surface area contributed by atoms with Crippen LogP contribution in [0.3, 0.4) is 0 Å². The fraction of sp³-hybridized carbons (Fsp3) is 0.600. The Kier molecular flexibility index (Phi) is 7.68. The highest BCUT2D eigenvalue weighted by Gasteiger charge is 2.15. The first-order valence-corrected chi connectivity index (χ1v) is 7.30. The summed E-state index contributed by atoms with van der Waals surface area (Å²) in [7, 11) is 0. The lowest BCUT2D eigenvalue weighted by Crippen LogP contribution is -2.28. The summed E-state index contributed by atoms with van der Waals surface area (Å²) in [6.45, 7) is 8.07. The van der Waals surface area contributed by atoms with Crippen molar-refractivity contribution in [2.45, 2.75) is 27.2 Å². The zero-order valence-corrected chi connectivity index (χ0v) is 12.9. The molecule has 0 fully saturated rings. The Balaban J connectivity index is 2.40. The zero-order valence-electron chi connectivity index (χ0n) is 12.9. The van der Waals surface area contributed by atoms with Crippen LogP contribution in [0.15, 0.2) is 12.3 Å². The number of pyridine rings is 1. The van der Waals surface area contributed by atoms with E-state index in [4.69, 9.17) is 4.74 Å². The van der Waals surface area contributed by atoms with Crippen LogP contribution in [0.4, 0.5) is 10.2 Å². The van der Waals surface area contributed by atoms with Gasteiger partial charge in [-0.1, -0.05) is 13.8 Å². The third kappa shape index (κ3) is 6.08. The Hall–Kier alpha value is -1.69. The maximum atomic E-state index is 14.0. The van der Waals surface area contributed by atoms with Crippen molar-refractivity contribution in [1.82, 2.24) is 10.3 Å². The van der Waals surface area contributed by atoms with Crippen molar-refractivity contribution in [3.05, 3.63) is 23.6 Å². The topological polar surface area (TPSA) is 63.2 Å². The van der Waals surface area contributed by atoms with Crippen molar-refractivity contribution in [2.24, 2.45) is 5.92 Å². The van der Waals surface area contributed by atoms with Gasteiger partial charge in [-0.25, -0.2) is 9.37 Å². The zero-order chi connectivity index (χ0) is 15.7. The first-order chi connectivity index (χ1) is 10.1. The van der Waals surface area contributed by atoms with Crippen LogP contribution < -0.4 is 10.6 Å². The van der Waals surface area contributed by atoms with Gasteiger partial charge in [0, 0.05) is 25.9 Å². The van der Waals surface area contributed by atoms with Gasteiger partial charge in [0.05, 0.1) is 12.2 Å². The van der Waals surface area contributed by atoms with Gasteiger partial charge in [-0.3, -0.25) is 4.79 Å². The molecule has 0 aromatic carbocycles. The van der Waals surface area contributed by atoms with Gasteiger partial charge in [0.25, 0.3) is 5.91 Å². The number of anilines is 1. The quantitative estimate of drug-likeness (QED) is 0.687. The number of nitrogens with one attached hydrogen (secondary N) is 2. The number of aromatic nitrogens is 1. The number of carbonyl (C=O) groups is 1. The lowest BCUT2D eigenvalue weighted by atomic mass is 10.1. The van der Waals surface area contributed by atoms with E-state index >= 15 is 0 Å². The first kappa shape index (κ1) is 17.4. The number of hydrogen-bond donors (Lipinski definition) is 2. The van der Waals surface area contributed by atoms with Gasteiger partial charge >= 0.3 is 0 Å². The molecule has 0 aliphatic rings. The second kappa shape index (κ2) is 9.28. The van der Waals surface area contributed by atoms with Crippen LogP contribution in [0, 0.1) is 11.7 Å². The van der Waals surface area contributed by atoms with Crippen LogP contribution in [0.5, 0.6) is 0 Å². The number of nitrogens with zero attached hydrogens (tertiary/aromatic N) is 1. The predicted molar refractivity (Wildman–Crippen MR) is 81.0 cm³/mol. The Morgan fingerprint density at radius 3 is 2.86 bits per heavy atom. The molecule has 1 amide bonds. The predicted octanol–water partition coefficient (Wildman–Crippen LogP) is 2.45. The van der Waals surface area contributed by atoms with E-state index in [2.05, 4.69) is 29.5 Å².